The first-order valence-corrected chi connectivity index (χ1v) is 12.4. The molecule has 0 saturated heterocycles. The number of nitriles is 1. The van der Waals surface area contributed by atoms with E-state index in [4.69, 9.17) is 5.10 Å². The molecule has 6 rings (SSSR count). The summed E-state index contributed by atoms with van der Waals surface area (Å²) in [5.41, 5.74) is 6.42. The maximum absolute atomic E-state index is 12.3. The van der Waals surface area contributed by atoms with Gasteiger partial charge in [-0.3, -0.25) is 19.4 Å². The lowest BCUT2D eigenvalue weighted by Gasteiger charge is -2.15. The lowest BCUT2D eigenvalue weighted by Crippen LogP contribution is -2.26. The molecule has 3 heterocycles. The van der Waals surface area contributed by atoms with Gasteiger partial charge in [-0.25, -0.2) is 0 Å². The maximum atomic E-state index is 12.3. The number of carbonyl (C=O) groups is 1. The van der Waals surface area contributed by atoms with E-state index in [0.717, 1.165) is 62.6 Å². The van der Waals surface area contributed by atoms with Crippen LogP contribution in [0.4, 0.5) is 0 Å². The van der Waals surface area contributed by atoms with Crippen LogP contribution in [0, 0.1) is 11.3 Å². The molecule has 1 fully saturated rings. The summed E-state index contributed by atoms with van der Waals surface area (Å²) in [6, 6.07) is 20.6. The van der Waals surface area contributed by atoms with Crippen LogP contribution < -0.4 is 5.32 Å². The summed E-state index contributed by atoms with van der Waals surface area (Å²) in [6.45, 7) is 3.83. The van der Waals surface area contributed by atoms with Crippen molar-refractivity contribution in [3.63, 3.8) is 0 Å². The van der Waals surface area contributed by atoms with Crippen molar-refractivity contribution in [2.75, 3.05) is 0 Å². The number of hydrogen-bond donors (Lipinski definition) is 1. The van der Waals surface area contributed by atoms with Gasteiger partial charge < -0.3 is 5.32 Å². The largest absolute Gasteiger partial charge is 0.348 e. The van der Waals surface area contributed by atoms with Crippen molar-refractivity contribution in [2.24, 2.45) is 7.05 Å². The maximum Gasteiger partial charge on any atom is 0.270 e. The van der Waals surface area contributed by atoms with Crippen LogP contribution in [-0.4, -0.2) is 31.7 Å². The van der Waals surface area contributed by atoms with Crippen LogP contribution in [-0.2, 0) is 12.5 Å². The van der Waals surface area contributed by atoms with Gasteiger partial charge in [0.15, 0.2) is 0 Å². The van der Waals surface area contributed by atoms with E-state index in [1.807, 2.05) is 74.2 Å². The van der Waals surface area contributed by atoms with E-state index in [1.165, 1.54) is 0 Å². The molecular formula is C30H26N6O. The SMILES string of the molecule is Cn1nc(-c2ccc(C(C)(C)C#N)cc2)c2c3cc(-c4ccc(C(=O)NC5CC5)nc4)ccc3ncc21. The molecule has 1 amide bonds. The number of hydrogen-bond acceptors (Lipinski definition) is 5. The van der Waals surface area contributed by atoms with Crippen LogP contribution in [0.25, 0.3) is 44.2 Å². The molecule has 5 aromatic rings. The molecule has 3 aromatic heterocycles. The van der Waals surface area contributed by atoms with Crippen molar-refractivity contribution in [3.05, 3.63) is 78.2 Å². The molecule has 7 heteroatoms. The molecule has 1 aliphatic rings. The topological polar surface area (TPSA) is 96.5 Å². The summed E-state index contributed by atoms with van der Waals surface area (Å²) in [5, 5.41) is 19.3. The van der Waals surface area contributed by atoms with Crippen molar-refractivity contribution >= 4 is 27.7 Å². The van der Waals surface area contributed by atoms with E-state index in [1.54, 1.807) is 12.3 Å². The predicted molar refractivity (Wildman–Crippen MR) is 144 cm³/mol. The van der Waals surface area contributed by atoms with E-state index in [9.17, 15) is 10.1 Å². The van der Waals surface area contributed by atoms with E-state index >= 15 is 0 Å². The van der Waals surface area contributed by atoms with Crippen molar-refractivity contribution in [1.29, 1.82) is 5.26 Å². The second-order valence-electron chi connectivity index (χ2n) is 10.2. The van der Waals surface area contributed by atoms with Gasteiger partial charge in [0.1, 0.15) is 11.4 Å². The third kappa shape index (κ3) is 4.11. The van der Waals surface area contributed by atoms with Crippen LogP contribution in [0.3, 0.4) is 0 Å². The van der Waals surface area contributed by atoms with Crippen molar-refractivity contribution in [3.8, 4) is 28.5 Å². The van der Waals surface area contributed by atoms with Gasteiger partial charge in [0, 0.05) is 41.2 Å². The molecule has 0 radical (unpaired) electrons. The van der Waals surface area contributed by atoms with E-state index < -0.39 is 5.41 Å². The van der Waals surface area contributed by atoms with E-state index in [0.29, 0.717) is 11.7 Å². The first-order chi connectivity index (χ1) is 17.8. The first-order valence-electron chi connectivity index (χ1n) is 12.4. The summed E-state index contributed by atoms with van der Waals surface area (Å²) in [5.74, 6) is -0.123. The Morgan fingerprint density at radius 2 is 1.73 bits per heavy atom. The monoisotopic (exact) mass is 486 g/mol. The molecule has 0 spiro atoms. The summed E-state index contributed by atoms with van der Waals surface area (Å²) in [6.07, 6.45) is 5.69. The Labute approximate surface area is 214 Å². The molecule has 0 aliphatic heterocycles. The van der Waals surface area contributed by atoms with E-state index in [-0.39, 0.29) is 5.91 Å². The van der Waals surface area contributed by atoms with Gasteiger partial charge in [-0.1, -0.05) is 36.4 Å². The number of fused-ring (bicyclic) bond motifs is 3. The quantitative estimate of drug-likeness (QED) is 0.352. The van der Waals surface area contributed by atoms with Crippen molar-refractivity contribution < 1.29 is 4.79 Å². The Kier molecular flexibility index (Phi) is 5.27. The zero-order valence-electron chi connectivity index (χ0n) is 21.0. The van der Waals surface area contributed by atoms with Crippen molar-refractivity contribution in [1.82, 2.24) is 25.1 Å². The van der Waals surface area contributed by atoms with Gasteiger partial charge >= 0.3 is 0 Å². The number of pyridine rings is 2. The number of nitrogens with zero attached hydrogens (tertiary/aromatic N) is 5. The molecule has 0 unspecified atom stereocenters. The lowest BCUT2D eigenvalue weighted by atomic mass is 9.86. The van der Waals surface area contributed by atoms with Gasteiger partial charge in [0.2, 0.25) is 0 Å². The summed E-state index contributed by atoms with van der Waals surface area (Å²) < 4.78 is 1.85. The number of carbonyl (C=O) groups excluding carboxylic acids is 1. The lowest BCUT2D eigenvalue weighted by molar-refractivity contribution is 0.0946. The molecular weight excluding hydrogens is 460 g/mol. The number of benzene rings is 2. The molecule has 182 valence electrons. The third-order valence-corrected chi connectivity index (χ3v) is 7.08. The summed E-state index contributed by atoms with van der Waals surface area (Å²) in [7, 11) is 1.92. The normalized spacial score (nSPS) is 13.6. The Bertz CT molecular complexity index is 1700. The zero-order chi connectivity index (χ0) is 25.7. The fraction of sp³-hybridized carbons (Fsp3) is 0.233. The van der Waals surface area contributed by atoms with Crippen LogP contribution in [0.1, 0.15) is 42.7 Å². The molecule has 2 aromatic carbocycles. The smallest absolute Gasteiger partial charge is 0.270 e. The van der Waals surface area contributed by atoms with Gasteiger partial charge in [0.05, 0.1) is 28.7 Å². The van der Waals surface area contributed by atoms with Crippen LogP contribution in [0.15, 0.2) is 67.0 Å². The Balaban J connectivity index is 1.43. The van der Waals surface area contributed by atoms with Gasteiger partial charge in [-0.15, -0.1) is 0 Å². The van der Waals surface area contributed by atoms with Gasteiger partial charge in [-0.2, -0.15) is 10.4 Å². The fourth-order valence-corrected chi connectivity index (χ4v) is 4.61. The number of nitrogens with one attached hydrogen (secondary N) is 1. The Morgan fingerprint density at radius 1 is 1.00 bits per heavy atom. The third-order valence-electron chi connectivity index (χ3n) is 7.08. The number of rotatable bonds is 5. The van der Waals surface area contributed by atoms with Crippen LogP contribution in [0.5, 0.6) is 0 Å². The van der Waals surface area contributed by atoms with E-state index in [2.05, 4.69) is 27.4 Å². The molecule has 1 N–H and O–H groups in total. The van der Waals surface area contributed by atoms with Gasteiger partial charge in [-0.05, 0) is 56.0 Å². The summed E-state index contributed by atoms with van der Waals surface area (Å²) in [4.78, 5) is 21.4. The fourth-order valence-electron chi connectivity index (χ4n) is 4.61. The minimum absolute atomic E-state index is 0.123. The first kappa shape index (κ1) is 22.9. The molecule has 1 aliphatic carbocycles. The molecule has 0 atom stereocenters. The zero-order valence-corrected chi connectivity index (χ0v) is 21.0. The molecule has 7 nitrogen and oxygen atoms in total. The Morgan fingerprint density at radius 3 is 2.41 bits per heavy atom. The second kappa shape index (κ2) is 8.52. The summed E-state index contributed by atoms with van der Waals surface area (Å²) >= 11 is 0. The molecule has 37 heavy (non-hydrogen) atoms. The number of amides is 1. The highest BCUT2D eigenvalue weighted by atomic mass is 16.2. The predicted octanol–water partition coefficient (Wildman–Crippen LogP) is 5.54. The average molecular weight is 487 g/mol. The highest BCUT2D eigenvalue weighted by Crippen LogP contribution is 2.35. The Hall–Kier alpha value is -4.57. The molecule has 0 bridgehead atoms. The van der Waals surface area contributed by atoms with Crippen LogP contribution in [0.2, 0.25) is 0 Å². The van der Waals surface area contributed by atoms with Crippen molar-refractivity contribution in [2.45, 2.75) is 38.1 Å². The minimum Gasteiger partial charge on any atom is -0.348 e. The highest BCUT2D eigenvalue weighted by molar-refractivity contribution is 6.12. The number of aromatic nitrogens is 4. The molecule has 1 saturated carbocycles. The van der Waals surface area contributed by atoms with Gasteiger partial charge in [0.25, 0.3) is 5.91 Å². The minimum atomic E-state index is -0.557. The number of aryl methyl sites for hydroxylation is 1. The highest BCUT2D eigenvalue weighted by Gasteiger charge is 2.24. The standard InChI is InChI=1S/C30H26N6O/c1-30(2,17-31)21-8-4-18(5-9-21)28-27-23-14-19(6-12-24(23)33-16-26(27)36(3)35-28)20-7-13-25(32-15-20)29(37)34-22-10-11-22/h4-9,12-16,22H,10-11H2,1-3H3,(H,34,37). The average Bonchev–Trinajstić information content (AvgIpc) is 3.68. The van der Waals surface area contributed by atoms with Crippen LogP contribution >= 0.6 is 0 Å². The second-order valence-corrected chi connectivity index (χ2v) is 10.2.